The maximum absolute atomic E-state index is 13.5. The molecule has 0 spiro atoms. The van der Waals surface area contributed by atoms with Crippen LogP contribution in [0.1, 0.15) is 24.2 Å². The zero-order valence-electron chi connectivity index (χ0n) is 10.6. The second kappa shape index (κ2) is 5.91. The van der Waals surface area contributed by atoms with E-state index in [9.17, 15) is 9.50 Å². The fraction of sp³-hybridized carbons (Fsp3) is 0.133. The SMILES string of the molecule is CC(O)c1ccc(Oc2ccc(C#N)c(F)c2)c(Cl)c1. The molecule has 3 nitrogen and oxygen atoms in total. The van der Waals surface area contributed by atoms with Gasteiger partial charge in [0.1, 0.15) is 23.4 Å². The summed E-state index contributed by atoms with van der Waals surface area (Å²) in [5, 5.41) is 18.4. The van der Waals surface area contributed by atoms with E-state index in [1.165, 1.54) is 12.1 Å². The highest BCUT2D eigenvalue weighted by atomic mass is 35.5. The van der Waals surface area contributed by atoms with E-state index in [1.54, 1.807) is 31.2 Å². The van der Waals surface area contributed by atoms with Crippen molar-refractivity contribution in [2.24, 2.45) is 0 Å². The molecule has 0 aromatic heterocycles. The van der Waals surface area contributed by atoms with Crippen LogP contribution in [-0.4, -0.2) is 5.11 Å². The molecule has 1 N–H and O–H groups in total. The van der Waals surface area contributed by atoms with Crippen LogP contribution in [0.3, 0.4) is 0 Å². The summed E-state index contributed by atoms with van der Waals surface area (Å²) in [6.45, 7) is 1.63. The van der Waals surface area contributed by atoms with Gasteiger partial charge >= 0.3 is 0 Å². The number of nitrogens with zero attached hydrogens (tertiary/aromatic N) is 1. The molecular weight excluding hydrogens is 281 g/mol. The van der Waals surface area contributed by atoms with E-state index in [-0.39, 0.29) is 11.3 Å². The number of nitriles is 1. The van der Waals surface area contributed by atoms with Crippen molar-refractivity contribution >= 4 is 11.6 Å². The Morgan fingerprint density at radius 2 is 2.05 bits per heavy atom. The number of rotatable bonds is 3. The third kappa shape index (κ3) is 3.08. The monoisotopic (exact) mass is 291 g/mol. The second-order valence-electron chi connectivity index (χ2n) is 4.22. The lowest BCUT2D eigenvalue weighted by molar-refractivity contribution is 0.199. The first-order chi connectivity index (χ1) is 9.51. The van der Waals surface area contributed by atoms with E-state index in [1.807, 2.05) is 0 Å². The van der Waals surface area contributed by atoms with E-state index < -0.39 is 11.9 Å². The first-order valence-corrected chi connectivity index (χ1v) is 6.24. The molecule has 0 fully saturated rings. The summed E-state index contributed by atoms with van der Waals surface area (Å²) in [7, 11) is 0. The second-order valence-corrected chi connectivity index (χ2v) is 4.63. The minimum absolute atomic E-state index is 0.0482. The van der Waals surface area contributed by atoms with Crippen LogP contribution in [0, 0.1) is 17.1 Å². The van der Waals surface area contributed by atoms with Crippen LogP contribution in [0.15, 0.2) is 36.4 Å². The summed E-state index contributed by atoms with van der Waals surface area (Å²) in [6, 6.07) is 10.5. The Labute approximate surface area is 120 Å². The number of hydrogen-bond acceptors (Lipinski definition) is 3. The van der Waals surface area contributed by atoms with Crippen molar-refractivity contribution in [3.05, 3.63) is 58.4 Å². The molecule has 0 radical (unpaired) electrons. The maximum Gasteiger partial charge on any atom is 0.146 e. The van der Waals surface area contributed by atoms with Crippen LogP contribution in [0.5, 0.6) is 11.5 Å². The average molecular weight is 292 g/mol. The molecule has 0 aliphatic heterocycles. The Bertz CT molecular complexity index is 680. The fourth-order valence-electron chi connectivity index (χ4n) is 1.64. The Balaban J connectivity index is 2.26. The summed E-state index contributed by atoms with van der Waals surface area (Å²) in [6.07, 6.45) is -0.631. The van der Waals surface area contributed by atoms with E-state index in [0.29, 0.717) is 16.3 Å². The largest absolute Gasteiger partial charge is 0.456 e. The molecule has 20 heavy (non-hydrogen) atoms. The molecule has 0 saturated carbocycles. The lowest BCUT2D eigenvalue weighted by Gasteiger charge is -2.10. The summed E-state index contributed by atoms with van der Waals surface area (Å²) < 4.78 is 18.9. The van der Waals surface area contributed by atoms with Gasteiger partial charge in [0.25, 0.3) is 0 Å². The molecule has 1 unspecified atom stereocenters. The van der Waals surface area contributed by atoms with Crippen molar-refractivity contribution in [2.45, 2.75) is 13.0 Å². The lowest BCUT2D eigenvalue weighted by Crippen LogP contribution is -1.93. The average Bonchev–Trinajstić information content (AvgIpc) is 2.41. The molecule has 0 saturated heterocycles. The van der Waals surface area contributed by atoms with Gasteiger partial charge in [0, 0.05) is 6.07 Å². The molecule has 0 bridgehead atoms. The molecule has 5 heteroatoms. The van der Waals surface area contributed by atoms with Crippen molar-refractivity contribution < 1.29 is 14.2 Å². The van der Waals surface area contributed by atoms with Crippen LogP contribution in [0.4, 0.5) is 4.39 Å². The first kappa shape index (κ1) is 14.3. The standard InChI is InChI=1S/C15H11ClFNO2/c1-9(19)10-3-5-15(13(16)6-10)20-12-4-2-11(8-18)14(17)7-12/h2-7,9,19H,1H3. The Hall–Kier alpha value is -2.09. The van der Waals surface area contributed by atoms with Gasteiger partial charge in [-0.1, -0.05) is 17.7 Å². The molecule has 2 aromatic rings. The predicted octanol–water partition coefficient (Wildman–Crippen LogP) is 4.20. The maximum atomic E-state index is 13.5. The smallest absolute Gasteiger partial charge is 0.146 e. The highest BCUT2D eigenvalue weighted by molar-refractivity contribution is 6.32. The van der Waals surface area contributed by atoms with Gasteiger partial charge in [-0.15, -0.1) is 0 Å². The molecule has 2 rings (SSSR count). The zero-order valence-corrected chi connectivity index (χ0v) is 11.4. The number of aliphatic hydroxyl groups excluding tert-OH is 1. The molecule has 2 aromatic carbocycles. The van der Waals surface area contributed by atoms with Gasteiger partial charge < -0.3 is 9.84 Å². The molecule has 0 heterocycles. The quantitative estimate of drug-likeness (QED) is 0.922. The third-order valence-electron chi connectivity index (χ3n) is 2.73. The Morgan fingerprint density at radius 1 is 1.30 bits per heavy atom. The van der Waals surface area contributed by atoms with Crippen molar-refractivity contribution in [2.75, 3.05) is 0 Å². The highest BCUT2D eigenvalue weighted by Crippen LogP contribution is 2.32. The number of aliphatic hydroxyl groups is 1. The highest BCUT2D eigenvalue weighted by Gasteiger charge is 2.09. The van der Waals surface area contributed by atoms with Crippen molar-refractivity contribution in [3.63, 3.8) is 0 Å². The van der Waals surface area contributed by atoms with Crippen LogP contribution in [0.2, 0.25) is 5.02 Å². The van der Waals surface area contributed by atoms with Crippen LogP contribution in [0.25, 0.3) is 0 Å². The zero-order chi connectivity index (χ0) is 14.7. The van der Waals surface area contributed by atoms with Gasteiger partial charge in [0.2, 0.25) is 0 Å². The van der Waals surface area contributed by atoms with Gasteiger partial charge in [0.15, 0.2) is 0 Å². The summed E-state index contributed by atoms with van der Waals surface area (Å²) in [4.78, 5) is 0. The van der Waals surface area contributed by atoms with Gasteiger partial charge in [-0.3, -0.25) is 0 Å². The van der Waals surface area contributed by atoms with Crippen LogP contribution < -0.4 is 4.74 Å². The Kier molecular flexibility index (Phi) is 4.23. The van der Waals surface area contributed by atoms with E-state index in [0.717, 1.165) is 6.07 Å². The van der Waals surface area contributed by atoms with Gasteiger partial charge in [0.05, 0.1) is 16.7 Å². The van der Waals surface area contributed by atoms with Crippen LogP contribution >= 0.6 is 11.6 Å². The number of halogens is 2. The van der Waals surface area contributed by atoms with Crippen molar-refractivity contribution in [3.8, 4) is 17.6 Å². The topological polar surface area (TPSA) is 53.2 Å². The molecule has 102 valence electrons. The molecule has 0 aliphatic carbocycles. The van der Waals surface area contributed by atoms with Gasteiger partial charge in [-0.2, -0.15) is 5.26 Å². The van der Waals surface area contributed by atoms with E-state index >= 15 is 0 Å². The molecule has 0 amide bonds. The molecule has 1 atom stereocenters. The first-order valence-electron chi connectivity index (χ1n) is 5.86. The number of hydrogen-bond donors (Lipinski definition) is 1. The lowest BCUT2D eigenvalue weighted by atomic mass is 10.1. The minimum Gasteiger partial charge on any atom is -0.456 e. The molecule has 0 aliphatic rings. The summed E-state index contributed by atoms with van der Waals surface area (Å²) >= 11 is 6.04. The third-order valence-corrected chi connectivity index (χ3v) is 3.02. The number of ether oxygens (including phenoxy) is 1. The summed E-state index contributed by atoms with van der Waals surface area (Å²) in [5.41, 5.74) is 0.612. The Morgan fingerprint density at radius 3 is 2.60 bits per heavy atom. The predicted molar refractivity (Wildman–Crippen MR) is 73.3 cm³/mol. The fourth-order valence-corrected chi connectivity index (χ4v) is 1.86. The van der Waals surface area contributed by atoms with E-state index in [4.69, 9.17) is 21.6 Å². The van der Waals surface area contributed by atoms with Crippen LogP contribution in [-0.2, 0) is 0 Å². The van der Waals surface area contributed by atoms with Crippen molar-refractivity contribution in [1.82, 2.24) is 0 Å². The van der Waals surface area contributed by atoms with Gasteiger partial charge in [-0.25, -0.2) is 4.39 Å². The van der Waals surface area contributed by atoms with Gasteiger partial charge in [-0.05, 0) is 36.8 Å². The summed E-state index contributed by atoms with van der Waals surface area (Å²) in [5.74, 6) is -0.0601. The minimum atomic E-state index is -0.651. The number of benzene rings is 2. The normalized spacial score (nSPS) is 11.8. The molecular formula is C15H11ClFNO2. The van der Waals surface area contributed by atoms with Crippen molar-refractivity contribution in [1.29, 1.82) is 5.26 Å². The van der Waals surface area contributed by atoms with E-state index in [2.05, 4.69) is 0 Å².